The van der Waals surface area contributed by atoms with Crippen LogP contribution in [0.2, 0.25) is 0 Å². The van der Waals surface area contributed by atoms with E-state index >= 15 is 0 Å². The molecule has 1 unspecified atom stereocenters. The highest BCUT2D eigenvalue weighted by atomic mass is 15.1. The highest BCUT2D eigenvalue weighted by molar-refractivity contribution is 6.51. The summed E-state index contributed by atoms with van der Waals surface area (Å²) in [7, 11) is 0. The Hall–Kier alpha value is -1.25. The molecule has 0 aliphatic carbocycles. The van der Waals surface area contributed by atoms with Crippen LogP contribution in [0.3, 0.4) is 0 Å². The summed E-state index contributed by atoms with van der Waals surface area (Å²) in [6.45, 7) is 4.23. The van der Waals surface area contributed by atoms with Gasteiger partial charge < -0.3 is 0 Å². The molecule has 0 saturated carbocycles. The van der Waals surface area contributed by atoms with Crippen molar-refractivity contribution in [3.8, 4) is 0 Å². The van der Waals surface area contributed by atoms with Crippen LogP contribution in [0, 0.1) is 0 Å². The largest absolute Gasteiger partial charge is 0.258 e. The molecular formula is C11H15N3. The molecule has 2 aliphatic heterocycles. The summed E-state index contributed by atoms with van der Waals surface area (Å²) >= 11 is 0. The molecule has 0 amide bonds. The van der Waals surface area contributed by atoms with E-state index in [1.807, 2.05) is 6.08 Å². The van der Waals surface area contributed by atoms with Crippen LogP contribution in [0.1, 0.15) is 33.1 Å². The van der Waals surface area contributed by atoms with Crippen molar-refractivity contribution in [2.75, 3.05) is 0 Å². The molecule has 14 heavy (non-hydrogen) atoms. The van der Waals surface area contributed by atoms with Crippen LogP contribution in [0.4, 0.5) is 0 Å². The Morgan fingerprint density at radius 3 is 3.00 bits per heavy atom. The predicted molar refractivity (Wildman–Crippen MR) is 60.4 cm³/mol. The minimum atomic E-state index is 0.248. The fourth-order valence-electron chi connectivity index (χ4n) is 1.51. The molecule has 3 heteroatoms. The third-order valence-electron chi connectivity index (χ3n) is 2.33. The van der Waals surface area contributed by atoms with Gasteiger partial charge in [-0.05, 0) is 19.4 Å². The standard InChI is InChI=1S/C11H15N3/c1-3-4-5-10-13-9-7-6-8(2)12-11(9)14-10/h6-8H,3-5H2,1-2H3. The number of hydrogen-bond donors (Lipinski definition) is 0. The zero-order valence-electron chi connectivity index (χ0n) is 8.70. The molecule has 0 saturated heterocycles. The normalized spacial score (nSPS) is 24.1. The zero-order chi connectivity index (χ0) is 9.97. The van der Waals surface area contributed by atoms with Gasteiger partial charge >= 0.3 is 0 Å². The Morgan fingerprint density at radius 1 is 1.36 bits per heavy atom. The predicted octanol–water partition coefficient (Wildman–Crippen LogP) is 2.39. The Labute approximate surface area is 84.4 Å². The maximum Gasteiger partial charge on any atom is 0.176 e. The number of nitrogens with zero attached hydrogens (tertiary/aromatic N) is 3. The fraction of sp³-hybridized carbons (Fsp3) is 0.545. The second-order valence-corrected chi connectivity index (χ2v) is 3.68. The van der Waals surface area contributed by atoms with Crippen molar-refractivity contribution in [2.45, 2.75) is 39.2 Å². The third-order valence-corrected chi connectivity index (χ3v) is 2.33. The van der Waals surface area contributed by atoms with E-state index in [0.29, 0.717) is 0 Å². The lowest BCUT2D eigenvalue weighted by Crippen LogP contribution is -2.13. The molecule has 0 radical (unpaired) electrons. The number of aliphatic imine (C=N–C) groups is 3. The van der Waals surface area contributed by atoms with E-state index in [-0.39, 0.29) is 6.04 Å². The van der Waals surface area contributed by atoms with Gasteiger partial charge in [0.2, 0.25) is 0 Å². The van der Waals surface area contributed by atoms with Gasteiger partial charge in [-0.1, -0.05) is 19.4 Å². The molecule has 1 atom stereocenters. The summed E-state index contributed by atoms with van der Waals surface area (Å²) in [5, 5.41) is 0. The monoisotopic (exact) mass is 189 g/mol. The first kappa shape index (κ1) is 9.31. The summed E-state index contributed by atoms with van der Waals surface area (Å²) in [6, 6.07) is 0.248. The maximum atomic E-state index is 4.43. The van der Waals surface area contributed by atoms with Crippen molar-refractivity contribution in [3.63, 3.8) is 0 Å². The van der Waals surface area contributed by atoms with Crippen LogP contribution in [0.5, 0.6) is 0 Å². The molecule has 2 heterocycles. The Balaban J connectivity index is 2.11. The smallest absolute Gasteiger partial charge is 0.176 e. The average Bonchev–Trinajstić information content (AvgIpc) is 2.56. The fourth-order valence-corrected chi connectivity index (χ4v) is 1.51. The van der Waals surface area contributed by atoms with Gasteiger partial charge in [0.25, 0.3) is 0 Å². The van der Waals surface area contributed by atoms with Gasteiger partial charge in [0, 0.05) is 6.42 Å². The van der Waals surface area contributed by atoms with Crippen molar-refractivity contribution in [1.82, 2.24) is 0 Å². The second kappa shape index (κ2) is 3.86. The van der Waals surface area contributed by atoms with Crippen LogP contribution in [-0.4, -0.2) is 23.4 Å². The maximum absolute atomic E-state index is 4.43. The third kappa shape index (κ3) is 1.81. The number of hydrogen-bond acceptors (Lipinski definition) is 3. The van der Waals surface area contributed by atoms with Crippen molar-refractivity contribution in [1.29, 1.82) is 0 Å². The first-order chi connectivity index (χ1) is 6.79. The minimum absolute atomic E-state index is 0.248. The first-order valence-electron chi connectivity index (χ1n) is 5.22. The van der Waals surface area contributed by atoms with E-state index in [9.17, 15) is 0 Å². The van der Waals surface area contributed by atoms with Gasteiger partial charge in [-0.2, -0.15) is 0 Å². The van der Waals surface area contributed by atoms with Crippen molar-refractivity contribution >= 4 is 17.4 Å². The summed E-state index contributed by atoms with van der Waals surface area (Å²) in [4.78, 5) is 13.3. The summed E-state index contributed by atoms with van der Waals surface area (Å²) in [5.41, 5.74) is 0.939. The molecule has 2 rings (SSSR count). The van der Waals surface area contributed by atoms with E-state index in [1.165, 1.54) is 6.42 Å². The topological polar surface area (TPSA) is 37.1 Å². The van der Waals surface area contributed by atoms with Gasteiger partial charge in [0.15, 0.2) is 5.84 Å². The van der Waals surface area contributed by atoms with E-state index in [0.717, 1.165) is 30.2 Å². The van der Waals surface area contributed by atoms with Gasteiger partial charge in [0.05, 0.1) is 6.04 Å². The number of unbranched alkanes of at least 4 members (excludes halogenated alkanes) is 1. The lowest BCUT2D eigenvalue weighted by molar-refractivity contribution is 0.832. The van der Waals surface area contributed by atoms with Crippen molar-refractivity contribution in [2.24, 2.45) is 15.0 Å². The highest BCUT2D eigenvalue weighted by Gasteiger charge is 2.18. The Morgan fingerprint density at radius 2 is 2.21 bits per heavy atom. The summed E-state index contributed by atoms with van der Waals surface area (Å²) in [5.74, 6) is 1.77. The Bertz CT molecular complexity index is 348. The average molecular weight is 189 g/mol. The van der Waals surface area contributed by atoms with Crippen LogP contribution in [-0.2, 0) is 0 Å². The highest BCUT2D eigenvalue weighted by Crippen LogP contribution is 2.12. The van der Waals surface area contributed by atoms with Gasteiger partial charge in [0.1, 0.15) is 11.5 Å². The van der Waals surface area contributed by atoms with E-state index in [2.05, 4.69) is 34.9 Å². The lowest BCUT2D eigenvalue weighted by Gasteiger charge is -2.05. The summed E-state index contributed by atoms with van der Waals surface area (Å²) < 4.78 is 0. The van der Waals surface area contributed by atoms with E-state index in [4.69, 9.17) is 0 Å². The zero-order valence-corrected chi connectivity index (χ0v) is 8.70. The van der Waals surface area contributed by atoms with Gasteiger partial charge in [-0.3, -0.25) is 4.99 Å². The molecule has 0 aromatic carbocycles. The van der Waals surface area contributed by atoms with Crippen molar-refractivity contribution in [3.05, 3.63) is 12.2 Å². The van der Waals surface area contributed by atoms with Crippen LogP contribution >= 0.6 is 0 Å². The Kier molecular flexibility index (Phi) is 2.57. The van der Waals surface area contributed by atoms with Crippen molar-refractivity contribution < 1.29 is 0 Å². The number of fused-ring (bicyclic) bond motifs is 1. The van der Waals surface area contributed by atoms with Crippen LogP contribution in [0.15, 0.2) is 27.1 Å². The number of rotatable bonds is 3. The second-order valence-electron chi connectivity index (χ2n) is 3.68. The number of dihydropyridines is 1. The molecule has 0 aromatic rings. The molecule has 74 valence electrons. The molecule has 3 nitrogen and oxygen atoms in total. The molecule has 0 bridgehead atoms. The molecule has 0 aromatic heterocycles. The minimum Gasteiger partial charge on any atom is -0.258 e. The van der Waals surface area contributed by atoms with E-state index < -0.39 is 0 Å². The lowest BCUT2D eigenvalue weighted by atomic mass is 10.2. The van der Waals surface area contributed by atoms with Crippen LogP contribution in [0.25, 0.3) is 0 Å². The molecule has 0 fully saturated rings. The number of amidine groups is 2. The van der Waals surface area contributed by atoms with E-state index in [1.54, 1.807) is 0 Å². The molecular weight excluding hydrogens is 174 g/mol. The van der Waals surface area contributed by atoms with Gasteiger partial charge in [-0.25, -0.2) is 9.98 Å². The van der Waals surface area contributed by atoms with Crippen LogP contribution < -0.4 is 0 Å². The molecule has 0 N–H and O–H groups in total. The first-order valence-corrected chi connectivity index (χ1v) is 5.22. The SMILES string of the molecule is CCCCC1=NC2=NC(C)C=CC2=N1. The summed E-state index contributed by atoms with van der Waals surface area (Å²) in [6.07, 6.45) is 7.39. The molecule has 0 spiro atoms. The quantitative estimate of drug-likeness (QED) is 0.653. The molecule has 2 aliphatic rings. The van der Waals surface area contributed by atoms with Gasteiger partial charge in [-0.15, -0.1) is 0 Å².